The molecule has 2 rings (SSSR count). The Hall–Kier alpha value is -0.770. The van der Waals surface area contributed by atoms with Crippen molar-refractivity contribution in [3.8, 4) is 0 Å². The highest BCUT2D eigenvalue weighted by atomic mass is 35.5. The number of piperazine rings is 1. The molecule has 1 aliphatic rings. The molecule has 1 N–H and O–H groups in total. The first kappa shape index (κ1) is 16.6. The summed E-state index contributed by atoms with van der Waals surface area (Å²) in [6.07, 6.45) is 2.44. The lowest BCUT2D eigenvalue weighted by Gasteiger charge is -2.36. The molecule has 118 valence electrons. The SMILES string of the molecule is CCC(CC)NCCN1CCN(c2ccccc2Cl)CC1. The average Bonchev–Trinajstić information content (AvgIpc) is 2.53. The van der Waals surface area contributed by atoms with Crippen LogP contribution in [-0.4, -0.2) is 50.2 Å². The summed E-state index contributed by atoms with van der Waals surface area (Å²) in [5.74, 6) is 0. The molecule has 0 amide bonds. The molecular weight excluding hydrogens is 282 g/mol. The van der Waals surface area contributed by atoms with Crippen LogP contribution in [0.15, 0.2) is 24.3 Å². The van der Waals surface area contributed by atoms with E-state index in [1.54, 1.807) is 0 Å². The van der Waals surface area contributed by atoms with Crippen LogP contribution in [0.5, 0.6) is 0 Å². The van der Waals surface area contributed by atoms with Gasteiger partial charge in [0.2, 0.25) is 0 Å². The van der Waals surface area contributed by atoms with Crippen LogP contribution in [0.1, 0.15) is 26.7 Å². The molecule has 0 spiro atoms. The molecule has 21 heavy (non-hydrogen) atoms. The van der Waals surface area contributed by atoms with Crippen LogP contribution in [0.25, 0.3) is 0 Å². The van der Waals surface area contributed by atoms with Crippen LogP contribution >= 0.6 is 11.6 Å². The number of halogens is 1. The Morgan fingerprint density at radius 2 is 1.76 bits per heavy atom. The maximum Gasteiger partial charge on any atom is 0.0639 e. The van der Waals surface area contributed by atoms with E-state index in [0.717, 1.165) is 44.3 Å². The lowest BCUT2D eigenvalue weighted by molar-refractivity contribution is 0.253. The molecule has 3 nitrogen and oxygen atoms in total. The Morgan fingerprint density at radius 3 is 2.38 bits per heavy atom. The van der Waals surface area contributed by atoms with Gasteiger partial charge in [0.25, 0.3) is 0 Å². The van der Waals surface area contributed by atoms with Gasteiger partial charge >= 0.3 is 0 Å². The molecule has 0 saturated carbocycles. The molecule has 0 aliphatic carbocycles. The molecule has 0 bridgehead atoms. The quantitative estimate of drug-likeness (QED) is 0.834. The second-order valence-electron chi connectivity index (χ2n) is 5.75. The molecule has 0 aromatic heterocycles. The van der Waals surface area contributed by atoms with Crippen LogP contribution in [0, 0.1) is 0 Å². The van der Waals surface area contributed by atoms with E-state index in [9.17, 15) is 0 Å². The molecule has 4 heteroatoms. The van der Waals surface area contributed by atoms with E-state index in [2.05, 4.69) is 41.1 Å². The topological polar surface area (TPSA) is 18.5 Å². The predicted molar refractivity (Wildman–Crippen MR) is 92.5 cm³/mol. The van der Waals surface area contributed by atoms with Crippen LogP contribution in [0.4, 0.5) is 5.69 Å². The van der Waals surface area contributed by atoms with Gasteiger partial charge in [-0.25, -0.2) is 0 Å². The first-order chi connectivity index (χ1) is 10.2. The Labute approximate surface area is 134 Å². The fourth-order valence-corrected chi connectivity index (χ4v) is 3.18. The zero-order valence-corrected chi connectivity index (χ0v) is 14.1. The minimum absolute atomic E-state index is 0.675. The molecule has 1 aromatic rings. The number of anilines is 1. The smallest absolute Gasteiger partial charge is 0.0639 e. The number of rotatable bonds is 7. The van der Waals surface area contributed by atoms with E-state index in [-0.39, 0.29) is 0 Å². The maximum atomic E-state index is 6.28. The van der Waals surface area contributed by atoms with Gasteiger partial charge in [0, 0.05) is 45.3 Å². The number of nitrogens with one attached hydrogen (secondary N) is 1. The minimum Gasteiger partial charge on any atom is -0.368 e. The number of nitrogens with zero attached hydrogens (tertiary/aromatic N) is 2. The molecule has 1 fully saturated rings. The van der Waals surface area contributed by atoms with Crippen LogP contribution in [-0.2, 0) is 0 Å². The Bertz CT molecular complexity index is 412. The van der Waals surface area contributed by atoms with E-state index < -0.39 is 0 Å². The number of hydrogen-bond acceptors (Lipinski definition) is 3. The number of hydrogen-bond donors (Lipinski definition) is 1. The number of benzene rings is 1. The molecule has 1 aliphatic heterocycles. The molecule has 0 atom stereocenters. The molecule has 1 heterocycles. The van der Waals surface area contributed by atoms with Crippen molar-refractivity contribution < 1.29 is 0 Å². The standard InChI is InChI=1S/C17H28ClN3/c1-3-15(4-2)19-9-10-20-11-13-21(14-12-20)17-8-6-5-7-16(17)18/h5-8,15,19H,3-4,9-14H2,1-2H3. The van der Waals surface area contributed by atoms with Crippen molar-refractivity contribution in [3.63, 3.8) is 0 Å². The van der Waals surface area contributed by atoms with Gasteiger partial charge in [-0.3, -0.25) is 4.90 Å². The van der Waals surface area contributed by atoms with Crippen molar-refractivity contribution in [1.29, 1.82) is 0 Å². The largest absolute Gasteiger partial charge is 0.368 e. The van der Waals surface area contributed by atoms with Gasteiger partial charge in [0.05, 0.1) is 10.7 Å². The highest BCUT2D eigenvalue weighted by molar-refractivity contribution is 6.33. The lowest BCUT2D eigenvalue weighted by Crippen LogP contribution is -2.48. The third-order valence-electron chi connectivity index (χ3n) is 4.41. The number of para-hydroxylation sites is 1. The summed E-state index contributed by atoms with van der Waals surface area (Å²) < 4.78 is 0. The van der Waals surface area contributed by atoms with E-state index in [1.807, 2.05) is 12.1 Å². The summed E-state index contributed by atoms with van der Waals surface area (Å²) in [7, 11) is 0. The molecule has 0 radical (unpaired) electrons. The highest BCUT2D eigenvalue weighted by Gasteiger charge is 2.18. The second-order valence-corrected chi connectivity index (χ2v) is 6.15. The summed E-state index contributed by atoms with van der Waals surface area (Å²) in [6, 6.07) is 8.82. The zero-order chi connectivity index (χ0) is 15.1. The van der Waals surface area contributed by atoms with E-state index in [0.29, 0.717) is 6.04 Å². The van der Waals surface area contributed by atoms with Gasteiger partial charge in [-0.2, -0.15) is 0 Å². The maximum absolute atomic E-state index is 6.28. The van der Waals surface area contributed by atoms with Gasteiger partial charge in [0.15, 0.2) is 0 Å². The Morgan fingerprint density at radius 1 is 1.10 bits per heavy atom. The second kappa shape index (κ2) is 8.62. The molecule has 1 aromatic carbocycles. The summed E-state index contributed by atoms with van der Waals surface area (Å²) in [5, 5.41) is 4.50. The molecule has 0 unspecified atom stereocenters. The zero-order valence-electron chi connectivity index (χ0n) is 13.3. The first-order valence-electron chi connectivity index (χ1n) is 8.19. The van der Waals surface area contributed by atoms with E-state index in [1.165, 1.54) is 18.5 Å². The molecular formula is C17H28ClN3. The third kappa shape index (κ3) is 4.87. The van der Waals surface area contributed by atoms with Gasteiger partial charge in [-0.15, -0.1) is 0 Å². The van der Waals surface area contributed by atoms with Gasteiger partial charge in [-0.1, -0.05) is 37.6 Å². The summed E-state index contributed by atoms with van der Waals surface area (Å²) >= 11 is 6.28. The van der Waals surface area contributed by atoms with Crippen molar-refractivity contribution in [3.05, 3.63) is 29.3 Å². The predicted octanol–water partition coefficient (Wildman–Crippen LogP) is 3.24. The Kier molecular flexibility index (Phi) is 6.81. The van der Waals surface area contributed by atoms with Crippen molar-refractivity contribution in [1.82, 2.24) is 10.2 Å². The van der Waals surface area contributed by atoms with E-state index in [4.69, 9.17) is 11.6 Å². The van der Waals surface area contributed by atoms with Gasteiger partial charge < -0.3 is 10.2 Å². The lowest BCUT2D eigenvalue weighted by atomic mass is 10.2. The van der Waals surface area contributed by atoms with E-state index >= 15 is 0 Å². The Balaban J connectivity index is 1.72. The van der Waals surface area contributed by atoms with Crippen molar-refractivity contribution in [2.45, 2.75) is 32.7 Å². The van der Waals surface area contributed by atoms with Crippen LogP contribution < -0.4 is 10.2 Å². The minimum atomic E-state index is 0.675. The summed E-state index contributed by atoms with van der Waals surface area (Å²) in [6.45, 7) is 11.1. The molecule has 1 saturated heterocycles. The monoisotopic (exact) mass is 309 g/mol. The fraction of sp³-hybridized carbons (Fsp3) is 0.647. The normalized spacial score (nSPS) is 16.7. The highest BCUT2D eigenvalue weighted by Crippen LogP contribution is 2.25. The first-order valence-corrected chi connectivity index (χ1v) is 8.57. The summed E-state index contributed by atoms with van der Waals surface area (Å²) in [4.78, 5) is 4.94. The van der Waals surface area contributed by atoms with Gasteiger partial charge in [-0.05, 0) is 25.0 Å². The fourth-order valence-electron chi connectivity index (χ4n) is 2.92. The van der Waals surface area contributed by atoms with Crippen molar-refractivity contribution in [2.75, 3.05) is 44.2 Å². The third-order valence-corrected chi connectivity index (χ3v) is 4.73. The summed E-state index contributed by atoms with van der Waals surface area (Å²) in [5.41, 5.74) is 1.17. The van der Waals surface area contributed by atoms with Crippen molar-refractivity contribution in [2.24, 2.45) is 0 Å². The average molecular weight is 310 g/mol. The van der Waals surface area contributed by atoms with Crippen LogP contribution in [0.2, 0.25) is 5.02 Å². The van der Waals surface area contributed by atoms with Crippen molar-refractivity contribution >= 4 is 17.3 Å². The van der Waals surface area contributed by atoms with Gasteiger partial charge in [0.1, 0.15) is 0 Å². The van der Waals surface area contributed by atoms with Crippen LogP contribution in [0.3, 0.4) is 0 Å².